The van der Waals surface area contributed by atoms with Crippen molar-refractivity contribution in [1.82, 2.24) is 24.7 Å². The Morgan fingerprint density at radius 1 is 0.912 bits per heavy atom. The van der Waals surface area contributed by atoms with Gasteiger partial charge >= 0.3 is 0 Å². The molecule has 6 heterocycles. The van der Waals surface area contributed by atoms with Crippen molar-refractivity contribution in [3.63, 3.8) is 0 Å². The van der Waals surface area contributed by atoms with Crippen LogP contribution in [-0.4, -0.2) is 82.9 Å². The zero-order valence-corrected chi connectivity index (χ0v) is 32.5. The van der Waals surface area contributed by atoms with Crippen molar-refractivity contribution in [2.24, 2.45) is 11.8 Å². The number of benzene rings is 3. The fourth-order valence-electron chi connectivity index (χ4n) is 10.8. The lowest BCUT2D eigenvalue weighted by molar-refractivity contribution is -0.143. The van der Waals surface area contributed by atoms with Gasteiger partial charge in [0.2, 0.25) is 17.7 Å². The molecule has 4 saturated heterocycles. The molecule has 1 unspecified atom stereocenters. The van der Waals surface area contributed by atoms with Crippen molar-refractivity contribution in [2.75, 3.05) is 50.7 Å². The maximum atomic E-state index is 15.1. The van der Waals surface area contributed by atoms with Gasteiger partial charge in [0.15, 0.2) is 0 Å². The van der Waals surface area contributed by atoms with E-state index in [2.05, 4.69) is 33.0 Å². The second-order valence-corrected chi connectivity index (χ2v) is 17.6. The number of carbonyl (C=O) groups is 3. The van der Waals surface area contributed by atoms with Gasteiger partial charge in [-0.1, -0.05) is 49.1 Å². The van der Waals surface area contributed by atoms with Gasteiger partial charge in [0.25, 0.3) is 5.56 Å². The molecule has 5 fully saturated rings. The van der Waals surface area contributed by atoms with E-state index in [9.17, 15) is 19.2 Å². The highest BCUT2D eigenvalue weighted by Crippen LogP contribution is 2.52. The fourth-order valence-corrected chi connectivity index (χ4v) is 11.0. The van der Waals surface area contributed by atoms with Crippen molar-refractivity contribution in [3.05, 3.63) is 98.1 Å². The van der Waals surface area contributed by atoms with Gasteiger partial charge in [-0.25, -0.2) is 8.78 Å². The predicted molar refractivity (Wildman–Crippen MR) is 212 cm³/mol. The smallest absolute Gasteiger partial charge is 0.282 e. The molecular weight excluding hydrogens is 750 g/mol. The molecule has 1 aromatic heterocycles. The van der Waals surface area contributed by atoms with Crippen LogP contribution >= 0.6 is 11.6 Å². The molecule has 1 aliphatic carbocycles. The molecule has 0 bridgehead atoms. The molecule has 10 rings (SSSR count). The van der Waals surface area contributed by atoms with E-state index in [0.717, 1.165) is 88.3 Å². The van der Waals surface area contributed by atoms with Crippen LogP contribution in [0, 0.1) is 23.5 Å². The summed E-state index contributed by atoms with van der Waals surface area (Å²) in [4.78, 5) is 61.3. The summed E-state index contributed by atoms with van der Waals surface area (Å²) < 4.78 is 32.4. The van der Waals surface area contributed by atoms with Gasteiger partial charge in [0.1, 0.15) is 17.5 Å². The van der Waals surface area contributed by atoms with E-state index in [1.165, 1.54) is 29.7 Å². The van der Waals surface area contributed by atoms with Gasteiger partial charge in [-0.05, 0) is 92.6 Å². The fraction of sp³-hybridized carbons (Fsp3) is 0.477. The summed E-state index contributed by atoms with van der Waals surface area (Å²) >= 11 is 6.58. The topological polar surface area (TPSA) is 108 Å². The maximum absolute atomic E-state index is 15.1. The van der Waals surface area contributed by atoms with Crippen LogP contribution in [0.4, 0.5) is 14.5 Å². The maximum Gasteiger partial charge on any atom is 0.282 e. The number of rotatable bonds is 6. The number of nitrogens with one attached hydrogen (secondary N) is 1. The Kier molecular flexibility index (Phi) is 9.01. The molecule has 6 aliphatic rings. The molecule has 3 amide bonds. The number of likely N-dealkylation sites (tertiary alicyclic amines) is 2. The zero-order valence-electron chi connectivity index (χ0n) is 31.7. The highest BCUT2D eigenvalue weighted by atomic mass is 35.5. The molecule has 13 heteroatoms. The molecule has 5 aliphatic heterocycles. The summed E-state index contributed by atoms with van der Waals surface area (Å²) in [5, 5.41) is 3.08. The Morgan fingerprint density at radius 3 is 2.37 bits per heavy atom. The van der Waals surface area contributed by atoms with Crippen LogP contribution in [0.2, 0.25) is 5.02 Å². The molecule has 3 aromatic carbocycles. The Morgan fingerprint density at radius 2 is 1.65 bits per heavy atom. The number of fused-ring (bicyclic) bond motifs is 7. The van der Waals surface area contributed by atoms with Crippen molar-refractivity contribution in [1.29, 1.82) is 0 Å². The van der Waals surface area contributed by atoms with Crippen molar-refractivity contribution >= 4 is 45.9 Å². The molecule has 10 nitrogen and oxygen atoms in total. The minimum absolute atomic E-state index is 0.0364. The van der Waals surface area contributed by atoms with Crippen LogP contribution < -0.4 is 15.8 Å². The summed E-state index contributed by atoms with van der Waals surface area (Å²) in [5.74, 6) is -2.21. The molecular formula is C44H45ClF2N6O4. The second kappa shape index (κ2) is 14.0. The van der Waals surface area contributed by atoms with Gasteiger partial charge in [-0.15, -0.1) is 0 Å². The molecule has 1 spiro atoms. The van der Waals surface area contributed by atoms with Crippen LogP contribution in [-0.2, 0) is 19.8 Å². The lowest BCUT2D eigenvalue weighted by Gasteiger charge is -2.48. The van der Waals surface area contributed by atoms with Crippen LogP contribution in [0.1, 0.15) is 92.1 Å². The lowest BCUT2D eigenvalue weighted by atomic mass is 9.69. The summed E-state index contributed by atoms with van der Waals surface area (Å²) in [6.45, 7) is 5.16. The summed E-state index contributed by atoms with van der Waals surface area (Å²) in [5.41, 5.74) is 4.13. The number of amides is 3. The number of aromatic nitrogens is 2. The van der Waals surface area contributed by atoms with Gasteiger partial charge in [0, 0.05) is 56.3 Å². The first kappa shape index (κ1) is 36.6. The summed E-state index contributed by atoms with van der Waals surface area (Å²) in [6, 6.07) is 15.1. The average Bonchev–Trinajstić information content (AvgIpc) is 3.41. The Hall–Kier alpha value is -4.68. The zero-order chi connectivity index (χ0) is 39.2. The first-order chi connectivity index (χ1) is 27.6. The largest absolute Gasteiger partial charge is 0.370 e. The third-order valence-corrected chi connectivity index (χ3v) is 14.2. The predicted octanol–water partition coefficient (Wildman–Crippen LogP) is 6.18. The number of imide groups is 1. The van der Waals surface area contributed by atoms with E-state index in [1.54, 1.807) is 11.0 Å². The standard InChI is InChI=1S/C44H45ClF2N6O4/c45-32-5-4-6-35-39(32)41(56)49-43-44(13-2-1-3-14-44)31-9-7-27(17-36(31)53(35)43)26-11-15-50(16-12-26)20-25-21-52(22-25)42(57)28-23-51(24-28)29-18-33(46)38(34(47)19-29)30-8-10-37(54)48-40(30)55/h4-7,9,17-19,25-26,28,30H,1-3,8,10-16,20-24H2,(H,48,54,55). The Bertz CT molecular complexity index is 2370. The second-order valence-electron chi connectivity index (χ2n) is 17.2. The van der Waals surface area contributed by atoms with Gasteiger partial charge in [0.05, 0.1) is 38.9 Å². The Labute approximate surface area is 334 Å². The average molecular weight is 795 g/mol. The first-order valence-corrected chi connectivity index (χ1v) is 20.9. The molecule has 296 valence electrons. The van der Waals surface area contributed by atoms with Crippen molar-refractivity contribution in [2.45, 2.75) is 75.0 Å². The van der Waals surface area contributed by atoms with Crippen LogP contribution in [0.3, 0.4) is 0 Å². The number of nitrogens with zero attached hydrogens (tertiary/aromatic N) is 5. The van der Waals surface area contributed by atoms with E-state index in [-0.39, 0.29) is 41.2 Å². The highest BCUT2D eigenvalue weighted by Gasteiger charge is 2.47. The minimum atomic E-state index is -1.04. The SMILES string of the molecule is O=C1CCC(c2c(F)cc(N3CC(C(=O)N4CC(CN5CCC(c6ccc7c(c6)-n6c(nc(=O)c8c(Cl)cccc86)C76CCCCC6)CC5)C4)C3)cc2F)C(=O)N1. The molecule has 4 aromatic rings. The highest BCUT2D eigenvalue weighted by molar-refractivity contribution is 6.35. The number of anilines is 1. The molecule has 57 heavy (non-hydrogen) atoms. The lowest BCUT2D eigenvalue weighted by Crippen LogP contribution is -2.61. The number of piperidine rings is 2. The molecule has 0 radical (unpaired) electrons. The number of carbonyl (C=O) groups excluding carboxylic acids is 3. The molecule has 1 atom stereocenters. The van der Waals surface area contributed by atoms with E-state index < -0.39 is 29.4 Å². The summed E-state index contributed by atoms with van der Waals surface area (Å²) in [7, 11) is 0. The normalized spacial score (nSPS) is 22.7. The number of hydrogen-bond acceptors (Lipinski definition) is 7. The van der Waals surface area contributed by atoms with Crippen LogP contribution in [0.5, 0.6) is 0 Å². The van der Waals surface area contributed by atoms with E-state index in [0.29, 0.717) is 41.0 Å². The van der Waals surface area contributed by atoms with Crippen molar-refractivity contribution < 1.29 is 23.2 Å². The number of hydrogen-bond donors (Lipinski definition) is 1. The quantitative estimate of drug-likeness (QED) is 0.233. The molecule has 1 saturated carbocycles. The van der Waals surface area contributed by atoms with Crippen molar-refractivity contribution in [3.8, 4) is 5.69 Å². The third kappa shape index (κ3) is 6.08. The van der Waals surface area contributed by atoms with Gasteiger partial charge < -0.3 is 14.7 Å². The third-order valence-electron chi connectivity index (χ3n) is 13.9. The van der Waals surface area contributed by atoms with E-state index in [1.807, 2.05) is 17.0 Å². The van der Waals surface area contributed by atoms with Crippen LogP contribution in [0.15, 0.2) is 53.3 Å². The van der Waals surface area contributed by atoms with E-state index in [4.69, 9.17) is 16.6 Å². The number of halogens is 3. The monoisotopic (exact) mass is 794 g/mol. The van der Waals surface area contributed by atoms with Gasteiger partial charge in [-0.3, -0.25) is 29.1 Å². The summed E-state index contributed by atoms with van der Waals surface area (Å²) in [6.07, 6.45) is 7.62. The first-order valence-electron chi connectivity index (χ1n) is 20.5. The van der Waals surface area contributed by atoms with Gasteiger partial charge in [-0.2, -0.15) is 4.98 Å². The molecule has 1 N–H and O–H groups in total. The minimum Gasteiger partial charge on any atom is -0.370 e. The van der Waals surface area contributed by atoms with E-state index >= 15 is 8.78 Å². The van der Waals surface area contributed by atoms with Crippen LogP contribution in [0.25, 0.3) is 16.6 Å². The Balaban J connectivity index is 0.743.